The largest absolute Gasteiger partial charge is 0.497 e. The summed E-state index contributed by atoms with van der Waals surface area (Å²) in [5.74, 6) is 0.476. The number of amides is 1. The number of hydrogen-bond acceptors (Lipinski definition) is 4. The van der Waals surface area contributed by atoms with Gasteiger partial charge in [-0.1, -0.05) is 11.3 Å². The maximum absolute atomic E-state index is 12.4. The van der Waals surface area contributed by atoms with Crippen molar-refractivity contribution in [1.82, 2.24) is 14.3 Å². The number of thiazole rings is 1. The van der Waals surface area contributed by atoms with Crippen LogP contribution >= 0.6 is 11.3 Å². The number of rotatable bonds is 3. The third kappa shape index (κ3) is 2.79. The third-order valence-corrected chi connectivity index (χ3v) is 4.66. The predicted octanol–water partition coefficient (Wildman–Crippen LogP) is 2.51. The number of benzene rings is 1. The molecular weight excluding hydrogens is 312 g/mol. The van der Waals surface area contributed by atoms with Gasteiger partial charge >= 0.3 is 0 Å². The van der Waals surface area contributed by atoms with E-state index in [9.17, 15) is 4.79 Å². The fourth-order valence-electron chi connectivity index (χ4n) is 2.53. The van der Waals surface area contributed by atoms with Crippen molar-refractivity contribution in [2.45, 2.75) is 20.4 Å². The Kier molecular flexibility index (Phi) is 4.04. The minimum absolute atomic E-state index is 0.316. The van der Waals surface area contributed by atoms with Gasteiger partial charge < -0.3 is 9.30 Å². The summed E-state index contributed by atoms with van der Waals surface area (Å²) in [4.78, 5) is 17.4. The van der Waals surface area contributed by atoms with Gasteiger partial charge in [0.1, 0.15) is 5.75 Å². The Labute approximate surface area is 137 Å². The van der Waals surface area contributed by atoms with Crippen molar-refractivity contribution in [3.63, 3.8) is 0 Å². The zero-order valence-corrected chi connectivity index (χ0v) is 14.3. The van der Waals surface area contributed by atoms with Crippen molar-refractivity contribution in [2.24, 2.45) is 12.0 Å². The van der Waals surface area contributed by atoms with Gasteiger partial charge in [0, 0.05) is 25.4 Å². The molecular formula is C16H18N4O2S. The SMILES string of the molecule is CCn1c(=NC(=O)c2nn(C)cc2C)sc2cc(OC)ccc21. The van der Waals surface area contributed by atoms with Gasteiger partial charge in [-0.25, -0.2) is 0 Å². The topological polar surface area (TPSA) is 61.4 Å². The average Bonchev–Trinajstić information content (AvgIpc) is 3.05. The minimum Gasteiger partial charge on any atom is -0.497 e. The van der Waals surface area contributed by atoms with E-state index in [1.54, 1.807) is 18.8 Å². The van der Waals surface area contributed by atoms with Crippen LogP contribution in [0.15, 0.2) is 29.4 Å². The number of nitrogens with zero attached hydrogens (tertiary/aromatic N) is 4. The van der Waals surface area contributed by atoms with Gasteiger partial charge in [-0.15, -0.1) is 0 Å². The van der Waals surface area contributed by atoms with Gasteiger partial charge in [-0.05, 0) is 32.0 Å². The Balaban J connectivity index is 2.14. The normalized spacial score (nSPS) is 12.1. The Morgan fingerprint density at radius 2 is 2.22 bits per heavy atom. The Morgan fingerprint density at radius 3 is 2.83 bits per heavy atom. The van der Waals surface area contributed by atoms with Crippen molar-refractivity contribution < 1.29 is 9.53 Å². The molecule has 0 fully saturated rings. The Bertz CT molecular complexity index is 949. The van der Waals surface area contributed by atoms with Crippen molar-refractivity contribution in [3.8, 4) is 5.75 Å². The first-order valence-corrected chi connectivity index (χ1v) is 8.11. The van der Waals surface area contributed by atoms with Crippen molar-refractivity contribution in [3.05, 3.63) is 40.5 Å². The van der Waals surface area contributed by atoms with Crippen LogP contribution in [0.2, 0.25) is 0 Å². The van der Waals surface area contributed by atoms with E-state index in [2.05, 4.69) is 10.1 Å². The van der Waals surface area contributed by atoms with E-state index < -0.39 is 0 Å². The molecule has 0 aliphatic carbocycles. The summed E-state index contributed by atoms with van der Waals surface area (Å²) < 4.78 is 9.95. The summed E-state index contributed by atoms with van der Waals surface area (Å²) in [6, 6.07) is 5.86. The molecule has 23 heavy (non-hydrogen) atoms. The highest BCUT2D eigenvalue weighted by Crippen LogP contribution is 2.23. The maximum atomic E-state index is 12.4. The molecule has 0 radical (unpaired) electrons. The lowest BCUT2D eigenvalue weighted by atomic mass is 10.3. The third-order valence-electron chi connectivity index (χ3n) is 3.62. The van der Waals surface area contributed by atoms with Crippen LogP contribution in [0.25, 0.3) is 10.2 Å². The lowest BCUT2D eigenvalue weighted by molar-refractivity contribution is 0.0992. The molecule has 0 saturated carbocycles. The molecule has 2 aromatic heterocycles. The predicted molar refractivity (Wildman–Crippen MR) is 89.9 cm³/mol. The number of carbonyl (C=O) groups excluding carboxylic acids is 1. The number of ether oxygens (including phenoxy) is 1. The summed E-state index contributed by atoms with van der Waals surface area (Å²) in [6.07, 6.45) is 1.81. The van der Waals surface area contributed by atoms with E-state index in [-0.39, 0.29) is 5.91 Å². The molecule has 3 rings (SSSR count). The van der Waals surface area contributed by atoms with Gasteiger partial charge in [0.2, 0.25) is 0 Å². The van der Waals surface area contributed by atoms with Crippen LogP contribution < -0.4 is 9.54 Å². The quantitative estimate of drug-likeness (QED) is 0.741. The molecule has 0 saturated heterocycles. The standard InChI is InChI=1S/C16H18N4O2S/c1-5-20-12-7-6-11(22-4)8-13(12)23-16(20)17-15(21)14-10(2)9-19(3)18-14/h6-9H,5H2,1-4H3. The molecule has 0 spiro atoms. The first-order valence-electron chi connectivity index (χ1n) is 7.30. The van der Waals surface area contributed by atoms with Gasteiger partial charge in [-0.2, -0.15) is 10.1 Å². The Hall–Kier alpha value is -2.41. The molecule has 0 aliphatic heterocycles. The summed E-state index contributed by atoms with van der Waals surface area (Å²) >= 11 is 1.47. The molecule has 1 aromatic carbocycles. The summed E-state index contributed by atoms with van der Waals surface area (Å²) in [7, 11) is 3.43. The highest BCUT2D eigenvalue weighted by molar-refractivity contribution is 7.16. The van der Waals surface area contributed by atoms with Crippen LogP contribution in [0, 0.1) is 6.92 Å². The van der Waals surface area contributed by atoms with Crippen LogP contribution in [-0.4, -0.2) is 27.4 Å². The maximum Gasteiger partial charge on any atom is 0.300 e. The number of hydrogen-bond donors (Lipinski definition) is 0. The first-order chi connectivity index (χ1) is 11.0. The van der Waals surface area contributed by atoms with Gasteiger partial charge in [0.25, 0.3) is 5.91 Å². The molecule has 3 aromatic rings. The monoisotopic (exact) mass is 330 g/mol. The molecule has 6 nitrogen and oxygen atoms in total. The van der Waals surface area contributed by atoms with Crippen molar-refractivity contribution >= 4 is 27.5 Å². The molecule has 0 unspecified atom stereocenters. The highest BCUT2D eigenvalue weighted by Gasteiger charge is 2.14. The van der Waals surface area contributed by atoms with Crippen molar-refractivity contribution in [1.29, 1.82) is 0 Å². The fourth-order valence-corrected chi connectivity index (χ4v) is 3.65. The lowest BCUT2D eigenvalue weighted by Gasteiger charge is -2.01. The summed E-state index contributed by atoms with van der Waals surface area (Å²) in [5.41, 5.74) is 2.26. The molecule has 1 amide bonds. The van der Waals surface area contributed by atoms with Crippen molar-refractivity contribution in [2.75, 3.05) is 7.11 Å². The Morgan fingerprint density at radius 1 is 1.43 bits per heavy atom. The molecule has 0 aliphatic rings. The van der Waals surface area contributed by atoms with Gasteiger partial charge in [0.05, 0.1) is 17.3 Å². The van der Waals surface area contributed by atoms with E-state index in [1.165, 1.54) is 11.3 Å². The zero-order chi connectivity index (χ0) is 16.6. The minimum atomic E-state index is -0.316. The van der Waals surface area contributed by atoms with E-state index in [0.29, 0.717) is 10.5 Å². The van der Waals surface area contributed by atoms with E-state index in [1.807, 2.05) is 42.8 Å². The van der Waals surface area contributed by atoms with Crippen LogP contribution in [0.4, 0.5) is 0 Å². The molecule has 0 N–H and O–H groups in total. The number of aromatic nitrogens is 3. The van der Waals surface area contributed by atoms with Crippen LogP contribution in [0.1, 0.15) is 23.0 Å². The summed E-state index contributed by atoms with van der Waals surface area (Å²) in [5, 5.41) is 4.19. The lowest BCUT2D eigenvalue weighted by Crippen LogP contribution is -2.16. The zero-order valence-electron chi connectivity index (χ0n) is 13.5. The van der Waals surface area contributed by atoms with Crippen LogP contribution in [0.5, 0.6) is 5.75 Å². The van der Waals surface area contributed by atoms with E-state index >= 15 is 0 Å². The molecule has 0 atom stereocenters. The van der Waals surface area contributed by atoms with E-state index in [4.69, 9.17) is 4.74 Å². The molecule has 7 heteroatoms. The second-order valence-corrected chi connectivity index (χ2v) is 6.22. The number of methoxy groups -OCH3 is 1. The fraction of sp³-hybridized carbons (Fsp3) is 0.312. The van der Waals surface area contributed by atoms with Gasteiger partial charge in [0.15, 0.2) is 10.5 Å². The molecule has 120 valence electrons. The average molecular weight is 330 g/mol. The van der Waals surface area contributed by atoms with E-state index in [0.717, 1.165) is 28.1 Å². The smallest absolute Gasteiger partial charge is 0.300 e. The highest BCUT2D eigenvalue weighted by atomic mass is 32.1. The number of carbonyl (C=O) groups is 1. The van der Waals surface area contributed by atoms with Crippen LogP contribution in [-0.2, 0) is 13.6 Å². The molecule has 2 heterocycles. The molecule has 0 bridgehead atoms. The van der Waals surface area contributed by atoms with Gasteiger partial charge in [-0.3, -0.25) is 9.48 Å². The second-order valence-electron chi connectivity index (χ2n) is 5.21. The summed E-state index contributed by atoms with van der Waals surface area (Å²) in [6.45, 7) is 4.63. The van der Waals surface area contributed by atoms with Crippen LogP contribution in [0.3, 0.4) is 0 Å². The number of aryl methyl sites for hydroxylation is 3. The number of fused-ring (bicyclic) bond motifs is 1. The first kappa shape index (κ1) is 15.5. The second kappa shape index (κ2) is 6.00.